The molecule has 1 aromatic rings. The highest BCUT2D eigenvalue weighted by Gasteiger charge is 2.28. The second-order valence-electron chi connectivity index (χ2n) is 6.61. The number of benzene rings is 1. The van der Waals surface area contributed by atoms with Crippen LogP contribution in [0.3, 0.4) is 0 Å². The molecule has 0 aliphatic rings. The zero-order valence-electron chi connectivity index (χ0n) is 16.0. The van der Waals surface area contributed by atoms with Crippen LogP contribution < -0.4 is 27.8 Å². The summed E-state index contributed by atoms with van der Waals surface area (Å²) in [5.41, 5.74) is 16.1. The molecular formula is C18H25N5O7. The molecule has 30 heavy (non-hydrogen) atoms. The average molecular weight is 423 g/mol. The van der Waals surface area contributed by atoms with Gasteiger partial charge in [0.2, 0.25) is 23.6 Å². The first-order chi connectivity index (χ1) is 14.0. The Morgan fingerprint density at radius 1 is 0.900 bits per heavy atom. The lowest BCUT2D eigenvalue weighted by Gasteiger charge is -2.22. The molecule has 0 bridgehead atoms. The number of carbonyl (C=O) groups is 5. The lowest BCUT2D eigenvalue weighted by molar-refractivity contribution is -0.142. The maximum atomic E-state index is 12.6. The third-order valence-electron chi connectivity index (χ3n) is 4.06. The normalized spacial score (nSPS) is 13.5. The Kier molecular flexibility index (Phi) is 9.23. The molecule has 1 rings (SSSR count). The van der Waals surface area contributed by atoms with Crippen LogP contribution in [0.5, 0.6) is 5.75 Å². The van der Waals surface area contributed by atoms with Gasteiger partial charge >= 0.3 is 5.97 Å². The first-order valence-electron chi connectivity index (χ1n) is 8.93. The van der Waals surface area contributed by atoms with E-state index in [1.807, 2.05) is 0 Å². The van der Waals surface area contributed by atoms with Gasteiger partial charge in [-0.15, -0.1) is 0 Å². The first-order valence-corrected chi connectivity index (χ1v) is 8.93. The molecule has 0 aromatic heterocycles. The minimum atomic E-state index is -1.35. The Bertz CT molecular complexity index is 797. The van der Waals surface area contributed by atoms with Gasteiger partial charge in [-0.2, -0.15) is 0 Å². The number of nitrogens with one attached hydrogen (secondary N) is 2. The Morgan fingerprint density at radius 2 is 1.47 bits per heavy atom. The van der Waals surface area contributed by atoms with E-state index in [1.165, 1.54) is 24.3 Å². The number of phenols is 1. The van der Waals surface area contributed by atoms with Crippen LogP contribution in [0.25, 0.3) is 0 Å². The summed E-state index contributed by atoms with van der Waals surface area (Å²) in [5.74, 6) is -4.64. The topological polar surface area (TPSA) is 228 Å². The van der Waals surface area contributed by atoms with Gasteiger partial charge in [-0.05, 0) is 24.1 Å². The summed E-state index contributed by atoms with van der Waals surface area (Å²) < 4.78 is 0. The Hall–Kier alpha value is -3.67. The zero-order chi connectivity index (χ0) is 22.8. The Labute approximate surface area is 171 Å². The van der Waals surface area contributed by atoms with E-state index in [2.05, 4.69) is 10.6 Å². The summed E-state index contributed by atoms with van der Waals surface area (Å²) in [6.45, 7) is 0. The fourth-order valence-electron chi connectivity index (χ4n) is 2.48. The van der Waals surface area contributed by atoms with Gasteiger partial charge < -0.3 is 38.0 Å². The van der Waals surface area contributed by atoms with E-state index >= 15 is 0 Å². The van der Waals surface area contributed by atoms with Crippen LogP contribution in [0.15, 0.2) is 24.3 Å². The van der Waals surface area contributed by atoms with E-state index in [0.717, 1.165) is 0 Å². The molecule has 0 heterocycles. The number of nitrogens with two attached hydrogens (primary N) is 3. The summed E-state index contributed by atoms with van der Waals surface area (Å²) in [6, 6.07) is 1.73. The van der Waals surface area contributed by atoms with Gasteiger partial charge in [-0.3, -0.25) is 19.2 Å². The van der Waals surface area contributed by atoms with Crippen LogP contribution in [0, 0.1) is 0 Å². The van der Waals surface area contributed by atoms with Crippen LogP contribution in [0.1, 0.15) is 24.8 Å². The van der Waals surface area contributed by atoms with Crippen LogP contribution >= 0.6 is 0 Å². The SMILES string of the molecule is NC(=O)CC[C@H](NC(=O)[C@@H](N)CC(N)=O)C(=O)N[C@@H](Cc1ccc(O)cc1)C(=O)O. The van der Waals surface area contributed by atoms with Crippen molar-refractivity contribution in [1.29, 1.82) is 0 Å². The van der Waals surface area contributed by atoms with Crippen molar-refractivity contribution in [3.8, 4) is 5.75 Å². The second-order valence-corrected chi connectivity index (χ2v) is 6.61. The van der Waals surface area contributed by atoms with Crippen molar-refractivity contribution in [2.45, 2.75) is 43.8 Å². The number of hydrogen-bond acceptors (Lipinski definition) is 7. The molecule has 164 valence electrons. The fraction of sp³-hybridized carbons (Fsp3) is 0.389. The maximum Gasteiger partial charge on any atom is 0.326 e. The van der Waals surface area contributed by atoms with Gasteiger partial charge in [0.1, 0.15) is 17.8 Å². The van der Waals surface area contributed by atoms with E-state index in [9.17, 15) is 34.2 Å². The van der Waals surface area contributed by atoms with Crippen molar-refractivity contribution in [3.05, 3.63) is 29.8 Å². The number of aliphatic carboxylic acids is 1. The summed E-state index contributed by atoms with van der Waals surface area (Å²) in [5, 5.41) is 23.3. The number of primary amides is 2. The number of amides is 4. The number of carboxylic acid groups (broad SMARTS) is 1. The largest absolute Gasteiger partial charge is 0.508 e. The number of phenolic OH excluding ortho intramolecular Hbond substituents is 1. The fourth-order valence-corrected chi connectivity index (χ4v) is 2.48. The third kappa shape index (κ3) is 8.56. The molecular weight excluding hydrogens is 398 g/mol. The minimum absolute atomic E-state index is 0.00353. The molecule has 0 saturated carbocycles. The predicted octanol–water partition coefficient (Wildman–Crippen LogP) is -2.54. The predicted molar refractivity (Wildman–Crippen MR) is 104 cm³/mol. The third-order valence-corrected chi connectivity index (χ3v) is 4.06. The highest BCUT2D eigenvalue weighted by Crippen LogP contribution is 2.12. The summed E-state index contributed by atoms with van der Waals surface area (Å²) in [7, 11) is 0. The standard InChI is InChI=1S/C18H25N5O7/c19-11(8-15(21)26)16(27)22-12(5-6-14(20)25)17(28)23-13(18(29)30)7-9-1-3-10(24)4-2-9/h1-4,11-13,24H,5-8,19H2,(H2,20,25)(H2,21,26)(H,22,27)(H,23,28)(H,29,30)/t11-,12-,13-/m0/s1. The number of hydrogen-bond donors (Lipinski definition) is 7. The summed E-state index contributed by atoms with van der Waals surface area (Å²) in [6.07, 6.45) is -1.03. The first kappa shape index (κ1) is 24.4. The van der Waals surface area contributed by atoms with Gasteiger partial charge in [0.15, 0.2) is 0 Å². The van der Waals surface area contributed by atoms with Crippen LogP contribution in [0.4, 0.5) is 0 Å². The zero-order valence-corrected chi connectivity index (χ0v) is 16.0. The Morgan fingerprint density at radius 3 is 1.97 bits per heavy atom. The lowest BCUT2D eigenvalue weighted by Crippen LogP contribution is -2.55. The van der Waals surface area contributed by atoms with E-state index in [4.69, 9.17) is 17.2 Å². The summed E-state index contributed by atoms with van der Waals surface area (Å²) >= 11 is 0. The van der Waals surface area contributed by atoms with Crippen molar-refractivity contribution in [2.24, 2.45) is 17.2 Å². The molecule has 12 nitrogen and oxygen atoms in total. The van der Waals surface area contributed by atoms with Crippen molar-refractivity contribution in [1.82, 2.24) is 10.6 Å². The Balaban J connectivity index is 2.89. The van der Waals surface area contributed by atoms with Gasteiger partial charge in [0.25, 0.3) is 0 Å². The molecule has 4 amide bonds. The van der Waals surface area contributed by atoms with Crippen molar-refractivity contribution >= 4 is 29.6 Å². The van der Waals surface area contributed by atoms with Crippen molar-refractivity contribution in [3.63, 3.8) is 0 Å². The maximum absolute atomic E-state index is 12.6. The van der Waals surface area contributed by atoms with Gasteiger partial charge in [-0.1, -0.05) is 12.1 Å². The lowest BCUT2D eigenvalue weighted by atomic mass is 10.0. The summed E-state index contributed by atoms with van der Waals surface area (Å²) in [4.78, 5) is 58.2. The number of rotatable bonds is 12. The van der Waals surface area contributed by atoms with E-state index in [-0.39, 0.29) is 25.0 Å². The monoisotopic (exact) mass is 423 g/mol. The van der Waals surface area contributed by atoms with E-state index < -0.39 is 54.1 Å². The number of carboxylic acids is 1. The van der Waals surface area contributed by atoms with Gasteiger partial charge in [0.05, 0.1) is 12.5 Å². The molecule has 0 spiro atoms. The molecule has 12 heteroatoms. The molecule has 0 saturated heterocycles. The van der Waals surface area contributed by atoms with Gasteiger partial charge in [0, 0.05) is 12.8 Å². The molecule has 0 aliphatic heterocycles. The van der Waals surface area contributed by atoms with Crippen molar-refractivity contribution in [2.75, 3.05) is 0 Å². The van der Waals surface area contributed by atoms with Crippen LogP contribution in [-0.2, 0) is 30.4 Å². The average Bonchev–Trinajstić information content (AvgIpc) is 2.65. The van der Waals surface area contributed by atoms with E-state index in [0.29, 0.717) is 5.56 Å². The molecule has 0 radical (unpaired) electrons. The van der Waals surface area contributed by atoms with Crippen LogP contribution in [-0.4, -0.2) is 57.9 Å². The van der Waals surface area contributed by atoms with Crippen molar-refractivity contribution < 1.29 is 34.2 Å². The molecule has 0 unspecified atom stereocenters. The molecule has 0 aliphatic carbocycles. The highest BCUT2D eigenvalue weighted by molar-refractivity contribution is 5.93. The molecule has 10 N–H and O–H groups in total. The molecule has 0 fully saturated rings. The second kappa shape index (κ2) is 11.4. The quantitative estimate of drug-likeness (QED) is 0.189. The molecule has 1 aromatic carbocycles. The van der Waals surface area contributed by atoms with E-state index in [1.54, 1.807) is 0 Å². The number of aromatic hydroxyl groups is 1. The number of carbonyl (C=O) groups excluding carboxylic acids is 4. The van der Waals surface area contributed by atoms with Gasteiger partial charge in [-0.25, -0.2) is 4.79 Å². The van der Waals surface area contributed by atoms with Crippen LogP contribution in [0.2, 0.25) is 0 Å². The minimum Gasteiger partial charge on any atom is -0.508 e. The molecule has 3 atom stereocenters. The smallest absolute Gasteiger partial charge is 0.326 e. The highest BCUT2D eigenvalue weighted by atomic mass is 16.4.